The number of sulfone groups is 1. The van der Waals surface area contributed by atoms with Crippen LogP contribution in [0.5, 0.6) is 0 Å². The second-order valence-corrected chi connectivity index (χ2v) is 7.76. The van der Waals surface area contributed by atoms with Gasteiger partial charge >= 0.3 is 0 Å². The third-order valence-electron chi connectivity index (χ3n) is 1.95. The Hall–Kier alpha value is -0.0500. The Bertz CT molecular complexity index is 333. The van der Waals surface area contributed by atoms with Crippen LogP contribution in [-0.2, 0) is 9.84 Å². The van der Waals surface area contributed by atoms with E-state index in [0.29, 0.717) is 0 Å². The van der Waals surface area contributed by atoms with Gasteiger partial charge in [0.25, 0.3) is 0 Å². The molecule has 0 aromatic carbocycles. The summed E-state index contributed by atoms with van der Waals surface area (Å²) >= 11 is 0. The molecule has 0 aliphatic heterocycles. The van der Waals surface area contributed by atoms with Gasteiger partial charge in [-0.1, -0.05) is 41.5 Å². The normalized spacial score (nSPS) is 19.9. The predicted molar refractivity (Wildman–Crippen MR) is 62.1 cm³/mol. The molecule has 0 aliphatic rings. The highest BCUT2D eigenvalue weighted by atomic mass is 32.2. The van der Waals surface area contributed by atoms with Crippen LogP contribution in [0.3, 0.4) is 0 Å². The minimum absolute atomic E-state index is 0.583. The molecule has 0 aromatic rings. The van der Waals surface area contributed by atoms with Gasteiger partial charge in [0.1, 0.15) is 9.84 Å². The van der Waals surface area contributed by atoms with Gasteiger partial charge in [0.15, 0.2) is 0 Å². The Morgan fingerprint density at radius 3 is 1.50 bits per heavy atom. The first kappa shape index (κ1) is 10.5. The summed E-state index contributed by atoms with van der Waals surface area (Å²) in [6.07, 6.45) is 1.03. The fourth-order valence-electron chi connectivity index (χ4n) is 1.69. The SMILES string of the molecule is [2H]C(C([2H])(C(C)(C)C)C(C)(C)C)S(C)(=O)=O. The Kier molecular flexibility index (Phi) is 2.87. The molecule has 3 heteroatoms. The molecule has 1 atom stereocenters. The van der Waals surface area contributed by atoms with Gasteiger partial charge in [0.05, 0.1) is 5.73 Å². The Balaban J connectivity index is 5.83. The molecule has 0 fully saturated rings. The average molecular weight is 222 g/mol. The highest BCUT2D eigenvalue weighted by Gasteiger charge is 2.36. The average Bonchev–Trinajstić information content (AvgIpc) is 1.95. The van der Waals surface area contributed by atoms with E-state index in [-0.39, 0.29) is 0 Å². The van der Waals surface area contributed by atoms with Gasteiger partial charge in [-0.3, -0.25) is 0 Å². The summed E-state index contributed by atoms with van der Waals surface area (Å²) in [5.74, 6) is -1.35. The fourth-order valence-corrected chi connectivity index (χ4v) is 2.83. The first-order valence-electron chi connectivity index (χ1n) is 5.84. The molecule has 2 nitrogen and oxygen atoms in total. The highest BCUT2D eigenvalue weighted by molar-refractivity contribution is 7.90. The summed E-state index contributed by atoms with van der Waals surface area (Å²) < 4.78 is 39.6. The van der Waals surface area contributed by atoms with Crippen molar-refractivity contribution in [2.75, 3.05) is 12.0 Å². The van der Waals surface area contributed by atoms with Gasteiger partial charge in [-0.15, -0.1) is 0 Å². The number of rotatable bonds is 2. The third kappa shape index (κ3) is 4.99. The van der Waals surface area contributed by atoms with Crippen molar-refractivity contribution in [3.63, 3.8) is 0 Å². The summed E-state index contributed by atoms with van der Waals surface area (Å²) in [5.41, 5.74) is -2.60. The van der Waals surface area contributed by atoms with Crippen molar-refractivity contribution in [1.82, 2.24) is 0 Å². The molecule has 14 heavy (non-hydrogen) atoms. The Labute approximate surface area is 91.8 Å². The summed E-state index contributed by atoms with van der Waals surface area (Å²) in [4.78, 5) is 0. The highest BCUT2D eigenvalue weighted by Crippen LogP contribution is 2.40. The molecule has 0 aliphatic carbocycles. The van der Waals surface area contributed by atoms with E-state index in [1.807, 2.05) is 41.5 Å². The summed E-state index contributed by atoms with van der Waals surface area (Å²) in [7, 11) is -3.55. The second-order valence-electron chi connectivity index (χ2n) is 5.86. The zero-order chi connectivity index (χ0) is 13.6. The lowest BCUT2D eigenvalue weighted by molar-refractivity contribution is 0.123. The van der Waals surface area contributed by atoms with Gasteiger partial charge in [-0.05, 0) is 16.7 Å². The van der Waals surface area contributed by atoms with Crippen molar-refractivity contribution >= 4 is 9.84 Å². The summed E-state index contributed by atoms with van der Waals surface area (Å²) in [6.45, 7) is 10.9. The molecule has 0 saturated carbocycles. The number of hydrogen-bond acceptors (Lipinski definition) is 2. The molecule has 0 N–H and O–H groups in total. The molecule has 1 unspecified atom stereocenters. The molecule has 0 bridgehead atoms. The van der Waals surface area contributed by atoms with E-state index in [9.17, 15) is 8.42 Å². The standard InChI is InChI=1S/C11H24O2S/c1-10(2,3)9(11(4,5)6)8-14(7,12)13/h9H,8H2,1-7H3/i8D,9D. The first-order valence-corrected chi connectivity index (χ1v) is 6.72. The van der Waals surface area contributed by atoms with Crippen LogP contribution in [0.4, 0.5) is 0 Å². The molecule has 0 rings (SSSR count). The lowest BCUT2D eigenvalue weighted by atomic mass is 9.68. The molecule has 0 saturated heterocycles. The van der Waals surface area contributed by atoms with Crippen LogP contribution in [-0.4, -0.2) is 20.4 Å². The van der Waals surface area contributed by atoms with Crippen LogP contribution < -0.4 is 0 Å². The molecule has 0 aromatic heterocycles. The molecule has 0 heterocycles. The maximum absolute atomic E-state index is 11.6. The molecule has 86 valence electrons. The Morgan fingerprint density at radius 2 is 1.43 bits per heavy atom. The fraction of sp³-hybridized carbons (Fsp3) is 1.00. The molecule has 0 spiro atoms. The molecular weight excluding hydrogens is 196 g/mol. The van der Waals surface area contributed by atoms with E-state index in [1.54, 1.807) is 0 Å². The van der Waals surface area contributed by atoms with Gasteiger partial charge in [0, 0.05) is 9.00 Å². The van der Waals surface area contributed by atoms with Gasteiger partial charge in [0.2, 0.25) is 0 Å². The zero-order valence-electron chi connectivity index (χ0n) is 12.3. The van der Waals surface area contributed by atoms with Crippen LogP contribution in [0.25, 0.3) is 0 Å². The second kappa shape index (κ2) is 3.84. The first-order chi connectivity index (χ1) is 6.65. The lowest BCUT2D eigenvalue weighted by Gasteiger charge is -2.40. The van der Waals surface area contributed by atoms with E-state index >= 15 is 0 Å². The topological polar surface area (TPSA) is 34.1 Å². The van der Waals surface area contributed by atoms with E-state index in [2.05, 4.69) is 0 Å². The largest absolute Gasteiger partial charge is 0.229 e. The van der Waals surface area contributed by atoms with Crippen LogP contribution in [0.1, 0.15) is 44.3 Å². The quantitative estimate of drug-likeness (QED) is 0.720. The third-order valence-corrected chi connectivity index (χ3v) is 2.61. The predicted octanol–water partition coefficient (Wildman–Crippen LogP) is 2.74. The van der Waals surface area contributed by atoms with Gasteiger partial charge in [-0.2, -0.15) is 0 Å². The van der Waals surface area contributed by atoms with Crippen LogP contribution >= 0.6 is 0 Å². The minimum atomic E-state index is -3.55. The monoisotopic (exact) mass is 222 g/mol. The lowest BCUT2D eigenvalue weighted by Crippen LogP contribution is -2.37. The van der Waals surface area contributed by atoms with Crippen molar-refractivity contribution in [3.05, 3.63) is 0 Å². The van der Waals surface area contributed by atoms with Crippen molar-refractivity contribution in [3.8, 4) is 0 Å². The zero-order valence-corrected chi connectivity index (χ0v) is 11.1. The van der Waals surface area contributed by atoms with Crippen molar-refractivity contribution < 1.29 is 11.2 Å². The molecule has 0 radical (unpaired) electrons. The van der Waals surface area contributed by atoms with Crippen molar-refractivity contribution in [2.24, 2.45) is 16.7 Å². The van der Waals surface area contributed by atoms with E-state index < -0.39 is 32.3 Å². The maximum atomic E-state index is 11.6. The maximum Gasteiger partial charge on any atom is 0.147 e. The smallest absolute Gasteiger partial charge is 0.147 e. The number of hydrogen-bond donors (Lipinski definition) is 0. The molecule has 0 amide bonds. The molecular formula is C11H24O2S. The van der Waals surface area contributed by atoms with Gasteiger partial charge < -0.3 is 0 Å². The van der Waals surface area contributed by atoms with E-state index in [0.717, 1.165) is 6.26 Å². The Morgan fingerprint density at radius 1 is 1.14 bits per heavy atom. The minimum Gasteiger partial charge on any atom is -0.229 e. The van der Waals surface area contributed by atoms with E-state index in [4.69, 9.17) is 2.74 Å². The van der Waals surface area contributed by atoms with Gasteiger partial charge in [-0.25, -0.2) is 8.42 Å². The summed E-state index contributed by atoms with van der Waals surface area (Å²) in [5, 5.41) is 0. The van der Waals surface area contributed by atoms with Crippen LogP contribution in [0.15, 0.2) is 0 Å². The van der Waals surface area contributed by atoms with E-state index in [1.165, 1.54) is 0 Å². The van der Waals surface area contributed by atoms with Crippen LogP contribution in [0, 0.1) is 16.7 Å². The van der Waals surface area contributed by atoms with Crippen LogP contribution in [0.2, 0.25) is 0 Å². The van der Waals surface area contributed by atoms with Crippen molar-refractivity contribution in [1.29, 1.82) is 0 Å². The van der Waals surface area contributed by atoms with Crippen molar-refractivity contribution in [2.45, 2.75) is 41.5 Å². The summed E-state index contributed by atoms with van der Waals surface area (Å²) in [6, 6.07) is 0.